The van der Waals surface area contributed by atoms with Crippen molar-refractivity contribution in [1.82, 2.24) is 30.1 Å². The highest BCUT2D eigenvalue weighted by molar-refractivity contribution is 5.91. The predicted molar refractivity (Wildman–Crippen MR) is 118 cm³/mol. The molecular weight excluding hydrogens is 391 g/mol. The van der Waals surface area contributed by atoms with Crippen molar-refractivity contribution in [1.29, 1.82) is 0 Å². The molecule has 7 heteroatoms. The number of nitrogens with one attached hydrogen (secondary N) is 1. The van der Waals surface area contributed by atoms with E-state index in [0.717, 1.165) is 23.2 Å². The molecule has 4 heterocycles. The number of benzene rings is 2. The van der Waals surface area contributed by atoms with Crippen molar-refractivity contribution in [2.75, 3.05) is 7.05 Å². The molecule has 2 aromatic carbocycles. The van der Waals surface area contributed by atoms with Crippen molar-refractivity contribution in [3.63, 3.8) is 0 Å². The van der Waals surface area contributed by atoms with Crippen molar-refractivity contribution in [2.45, 2.75) is 50.1 Å². The standard InChI is InChI=1S/C24H25FN6/c1-30-19-3-2-4-20(30)12-16(11-19)15-5-8-18(9-6-15)31-14-23(27-29-31)24-21-10-7-17(25)13-22(21)26-28-24/h5-10,13-14,16,19-20H,2-4,11-12H2,1H3,(H,26,28)/t16-,19-,20+. The summed E-state index contributed by atoms with van der Waals surface area (Å²) in [6.45, 7) is 0. The van der Waals surface area contributed by atoms with Gasteiger partial charge in [0.2, 0.25) is 0 Å². The fraction of sp³-hybridized carbons (Fsp3) is 0.375. The van der Waals surface area contributed by atoms with E-state index in [1.165, 1.54) is 49.8 Å². The Hall–Kier alpha value is -3.06. The number of hydrogen-bond acceptors (Lipinski definition) is 4. The molecule has 0 radical (unpaired) electrons. The highest BCUT2D eigenvalue weighted by Crippen LogP contribution is 2.40. The molecule has 2 saturated heterocycles. The Morgan fingerprint density at radius 3 is 2.58 bits per heavy atom. The van der Waals surface area contributed by atoms with Gasteiger partial charge in [-0.3, -0.25) is 5.10 Å². The van der Waals surface area contributed by atoms with Gasteiger partial charge in [0.05, 0.1) is 17.4 Å². The van der Waals surface area contributed by atoms with Crippen LogP contribution in [-0.4, -0.2) is 49.2 Å². The number of aromatic amines is 1. The van der Waals surface area contributed by atoms with E-state index in [2.05, 4.69) is 56.7 Å². The van der Waals surface area contributed by atoms with E-state index >= 15 is 0 Å². The van der Waals surface area contributed by atoms with Crippen LogP contribution in [0.1, 0.15) is 43.6 Å². The van der Waals surface area contributed by atoms with Gasteiger partial charge < -0.3 is 4.90 Å². The van der Waals surface area contributed by atoms with Crippen molar-refractivity contribution in [2.24, 2.45) is 0 Å². The summed E-state index contributed by atoms with van der Waals surface area (Å²) in [5.41, 5.74) is 4.38. The maximum atomic E-state index is 13.4. The number of piperidine rings is 2. The van der Waals surface area contributed by atoms with E-state index < -0.39 is 0 Å². The first-order valence-corrected chi connectivity index (χ1v) is 11.0. The molecule has 2 aromatic heterocycles. The lowest BCUT2D eigenvalue weighted by Crippen LogP contribution is -2.49. The minimum atomic E-state index is -0.292. The van der Waals surface area contributed by atoms with E-state index in [0.29, 0.717) is 22.8 Å². The van der Waals surface area contributed by atoms with Crippen molar-refractivity contribution >= 4 is 10.9 Å². The minimum Gasteiger partial charge on any atom is -0.300 e. The molecule has 4 aromatic rings. The summed E-state index contributed by atoms with van der Waals surface area (Å²) in [4.78, 5) is 2.61. The summed E-state index contributed by atoms with van der Waals surface area (Å²) in [7, 11) is 2.30. The van der Waals surface area contributed by atoms with E-state index in [1.807, 2.05) is 6.20 Å². The van der Waals surface area contributed by atoms with Gasteiger partial charge in [-0.2, -0.15) is 5.10 Å². The molecule has 6 rings (SSSR count). The monoisotopic (exact) mass is 416 g/mol. The maximum absolute atomic E-state index is 13.4. The van der Waals surface area contributed by atoms with Crippen molar-refractivity contribution < 1.29 is 4.39 Å². The van der Waals surface area contributed by atoms with Crippen LogP contribution in [0.2, 0.25) is 0 Å². The second-order valence-electron chi connectivity index (χ2n) is 8.97. The van der Waals surface area contributed by atoms with Crippen molar-refractivity contribution in [3.05, 3.63) is 60.0 Å². The average Bonchev–Trinajstić information content (AvgIpc) is 3.40. The Balaban J connectivity index is 1.24. The van der Waals surface area contributed by atoms with Gasteiger partial charge in [0.15, 0.2) is 0 Å². The second kappa shape index (κ2) is 7.27. The van der Waals surface area contributed by atoms with Gasteiger partial charge in [-0.1, -0.05) is 23.8 Å². The van der Waals surface area contributed by atoms with Gasteiger partial charge in [0, 0.05) is 17.5 Å². The van der Waals surface area contributed by atoms with E-state index in [-0.39, 0.29) is 5.82 Å². The van der Waals surface area contributed by atoms with Gasteiger partial charge in [0.25, 0.3) is 0 Å². The molecular formula is C24H25FN6. The topological polar surface area (TPSA) is 62.6 Å². The molecule has 2 aliphatic heterocycles. The molecule has 0 amide bonds. The smallest absolute Gasteiger partial charge is 0.134 e. The molecule has 2 aliphatic rings. The first-order chi connectivity index (χ1) is 15.2. The number of hydrogen-bond donors (Lipinski definition) is 1. The fourth-order valence-corrected chi connectivity index (χ4v) is 5.47. The summed E-state index contributed by atoms with van der Waals surface area (Å²) in [6, 6.07) is 14.8. The van der Waals surface area contributed by atoms with Crippen molar-refractivity contribution in [3.8, 4) is 17.1 Å². The van der Waals surface area contributed by atoms with Gasteiger partial charge in [-0.15, -0.1) is 5.10 Å². The minimum absolute atomic E-state index is 0.292. The number of rotatable bonds is 3. The molecule has 0 saturated carbocycles. The van der Waals surface area contributed by atoms with Crippen LogP contribution in [-0.2, 0) is 0 Å². The molecule has 31 heavy (non-hydrogen) atoms. The molecule has 1 N–H and O–H groups in total. The lowest BCUT2D eigenvalue weighted by atomic mass is 9.76. The van der Waals surface area contributed by atoms with Crippen LogP contribution < -0.4 is 0 Å². The summed E-state index contributed by atoms with van der Waals surface area (Å²) in [6.07, 6.45) is 8.42. The largest absolute Gasteiger partial charge is 0.300 e. The second-order valence-corrected chi connectivity index (χ2v) is 8.97. The highest BCUT2D eigenvalue weighted by Gasteiger charge is 2.36. The Labute approximate surface area is 180 Å². The summed E-state index contributed by atoms with van der Waals surface area (Å²) in [5, 5.41) is 16.6. The van der Waals surface area contributed by atoms with E-state index in [4.69, 9.17) is 0 Å². The third kappa shape index (κ3) is 3.24. The Kier molecular flexibility index (Phi) is 4.38. The first kappa shape index (κ1) is 18.7. The fourth-order valence-electron chi connectivity index (χ4n) is 5.47. The zero-order chi connectivity index (χ0) is 20.9. The van der Waals surface area contributed by atoms with Gasteiger partial charge in [0.1, 0.15) is 17.2 Å². The third-order valence-electron chi connectivity index (χ3n) is 7.23. The summed E-state index contributed by atoms with van der Waals surface area (Å²) >= 11 is 0. The summed E-state index contributed by atoms with van der Waals surface area (Å²) in [5.74, 6) is 0.349. The zero-order valence-electron chi connectivity index (χ0n) is 17.5. The third-order valence-corrected chi connectivity index (χ3v) is 7.23. The van der Waals surface area contributed by atoms with Crippen LogP contribution in [0.4, 0.5) is 4.39 Å². The first-order valence-electron chi connectivity index (χ1n) is 11.0. The Bertz CT molecular complexity index is 1210. The van der Waals surface area contributed by atoms with Gasteiger partial charge in [-0.25, -0.2) is 9.07 Å². The molecule has 2 fully saturated rings. The maximum Gasteiger partial charge on any atom is 0.134 e. The number of H-pyrrole nitrogens is 1. The lowest BCUT2D eigenvalue weighted by molar-refractivity contribution is 0.0555. The number of aromatic nitrogens is 5. The molecule has 0 unspecified atom stereocenters. The van der Waals surface area contributed by atoms with Crippen LogP contribution in [0.5, 0.6) is 0 Å². The number of nitrogens with zero attached hydrogens (tertiary/aromatic N) is 5. The number of halogens is 1. The van der Waals surface area contributed by atoms with Crippen LogP contribution in [0, 0.1) is 5.82 Å². The quantitative estimate of drug-likeness (QED) is 0.527. The molecule has 0 spiro atoms. The molecule has 3 atom stereocenters. The molecule has 6 nitrogen and oxygen atoms in total. The zero-order valence-corrected chi connectivity index (χ0v) is 17.5. The molecule has 158 valence electrons. The SMILES string of the molecule is CN1[C@@H]2CCC[C@H]1C[C@H](c1ccc(-n3cc(-c4n[nH]c5cc(F)ccc45)nn3)cc1)C2. The van der Waals surface area contributed by atoms with Gasteiger partial charge in [-0.05, 0) is 74.5 Å². The van der Waals surface area contributed by atoms with Crippen LogP contribution in [0.3, 0.4) is 0 Å². The molecule has 2 bridgehead atoms. The predicted octanol–water partition coefficient (Wildman–Crippen LogP) is 4.68. The Morgan fingerprint density at radius 2 is 1.81 bits per heavy atom. The average molecular weight is 417 g/mol. The van der Waals surface area contributed by atoms with E-state index in [1.54, 1.807) is 10.7 Å². The van der Waals surface area contributed by atoms with Crippen LogP contribution >= 0.6 is 0 Å². The highest BCUT2D eigenvalue weighted by atomic mass is 19.1. The number of fused-ring (bicyclic) bond motifs is 3. The van der Waals surface area contributed by atoms with Crippen LogP contribution in [0.25, 0.3) is 28.0 Å². The Morgan fingerprint density at radius 1 is 1.03 bits per heavy atom. The van der Waals surface area contributed by atoms with E-state index in [9.17, 15) is 4.39 Å². The van der Waals surface area contributed by atoms with Crippen LogP contribution in [0.15, 0.2) is 48.7 Å². The summed E-state index contributed by atoms with van der Waals surface area (Å²) < 4.78 is 15.2. The lowest BCUT2D eigenvalue weighted by Gasteiger charge is -2.47. The normalized spacial score (nSPS) is 24.0. The van der Waals surface area contributed by atoms with Gasteiger partial charge >= 0.3 is 0 Å². The molecule has 0 aliphatic carbocycles.